The molecule has 0 radical (unpaired) electrons. The number of aromatic nitrogens is 2. The first-order chi connectivity index (χ1) is 19.4. The highest BCUT2D eigenvalue weighted by molar-refractivity contribution is 5.74. The van der Waals surface area contributed by atoms with Gasteiger partial charge in [-0.05, 0) is 59.9 Å². The number of pyridine rings is 2. The van der Waals surface area contributed by atoms with E-state index in [0.29, 0.717) is 24.1 Å². The zero-order valence-corrected chi connectivity index (χ0v) is 21.8. The summed E-state index contributed by atoms with van der Waals surface area (Å²) in [7, 11) is 0. The molecule has 2 unspecified atom stereocenters. The summed E-state index contributed by atoms with van der Waals surface area (Å²) >= 11 is 0. The van der Waals surface area contributed by atoms with Crippen molar-refractivity contribution < 1.29 is 22.3 Å². The Kier molecular flexibility index (Phi) is 5.70. The van der Waals surface area contributed by atoms with E-state index in [1.165, 1.54) is 17.7 Å². The normalized spacial score (nSPS) is 17.7. The number of allylic oxidation sites excluding steroid dienone is 1. The molecule has 5 heteroatoms. The van der Waals surface area contributed by atoms with Crippen molar-refractivity contribution in [1.29, 1.82) is 0 Å². The summed E-state index contributed by atoms with van der Waals surface area (Å²) < 4.78 is 47.9. The summed E-state index contributed by atoms with van der Waals surface area (Å²) in [6.45, 7) is 4.58. The van der Waals surface area contributed by atoms with Crippen LogP contribution >= 0.6 is 0 Å². The van der Waals surface area contributed by atoms with E-state index in [2.05, 4.69) is 35.5 Å². The molecule has 2 atom stereocenters. The quantitative estimate of drug-likeness (QED) is 0.193. The van der Waals surface area contributed by atoms with Crippen molar-refractivity contribution in [3.63, 3.8) is 0 Å². The summed E-state index contributed by atoms with van der Waals surface area (Å²) in [5.41, 5.74) is 6.83. The minimum absolute atomic E-state index is 0.0400. The van der Waals surface area contributed by atoms with Gasteiger partial charge in [0.05, 0.1) is 17.0 Å². The van der Waals surface area contributed by atoms with E-state index >= 15 is 0 Å². The summed E-state index contributed by atoms with van der Waals surface area (Å²) in [5, 5.41) is 0. The second-order valence-electron chi connectivity index (χ2n) is 10.5. The number of nitrogens with zero attached hydrogens (tertiary/aromatic N) is 2. The van der Waals surface area contributed by atoms with Crippen molar-refractivity contribution >= 4 is 5.70 Å². The number of hydrogen-bond donors (Lipinski definition) is 0. The fourth-order valence-corrected chi connectivity index (χ4v) is 6.60. The number of aryl methyl sites for hydroxylation is 1. The second kappa shape index (κ2) is 9.30. The summed E-state index contributed by atoms with van der Waals surface area (Å²) in [6.07, 6.45) is 0.667. The predicted molar refractivity (Wildman–Crippen MR) is 150 cm³/mol. The van der Waals surface area contributed by atoms with Gasteiger partial charge in [0, 0.05) is 29.8 Å². The van der Waals surface area contributed by atoms with E-state index < -0.39 is 11.7 Å². The average Bonchev–Trinajstić information content (AvgIpc) is 3.03. The predicted octanol–water partition coefficient (Wildman–Crippen LogP) is 8.04. The Bertz CT molecular complexity index is 1770. The van der Waals surface area contributed by atoms with Crippen LogP contribution in [0.1, 0.15) is 35.1 Å². The van der Waals surface area contributed by atoms with Crippen LogP contribution in [0.4, 0.5) is 13.2 Å². The number of fused-ring (bicyclic) bond motifs is 9. The van der Waals surface area contributed by atoms with Crippen LogP contribution in [0.25, 0.3) is 39.3 Å². The third kappa shape index (κ3) is 3.88. The van der Waals surface area contributed by atoms with Crippen molar-refractivity contribution in [3.8, 4) is 33.6 Å². The van der Waals surface area contributed by atoms with Gasteiger partial charge >= 0.3 is 6.18 Å². The topological polar surface area (TPSA) is 7.76 Å². The third-order valence-corrected chi connectivity index (χ3v) is 8.36. The Morgan fingerprint density at radius 2 is 1.50 bits per heavy atom. The molecule has 3 aromatic carbocycles. The van der Waals surface area contributed by atoms with Gasteiger partial charge in [0.25, 0.3) is 0 Å². The molecule has 0 saturated heterocycles. The molecular weight excluding hydrogens is 505 g/mol. The largest absolute Gasteiger partial charge is 0.417 e. The summed E-state index contributed by atoms with van der Waals surface area (Å²) in [5.74, 6) is 0.0400. The highest BCUT2D eigenvalue weighted by Gasteiger charge is 2.47. The number of hydrogen-bond acceptors (Lipinski definition) is 0. The van der Waals surface area contributed by atoms with E-state index in [4.69, 9.17) is 0 Å². The van der Waals surface area contributed by atoms with Crippen LogP contribution in [0.2, 0.25) is 0 Å². The average molecular weight is 533 g/mol. The summed E-state index contributed by atoms with van der Waals surface area (Å²) in [4.78, 5) is 0. The van der Waals surface area contributed by atoms with Gasteiger partial charge in [-0.15, -0.1) is 0 Å². The molecule has 0 bridgehead atoms. The minimum atomic E-state index is -4.50. The van der Waals surface area contributed by atoms with Gasteiger partial charge in [-0.25, -0.2) is 0 Å². The molecule has 7 rings (SSSR count). The fraction of sp³-hybridized carbons (Fsp3) is 0.143. The maximum atomic E-state index is 14.6. The van der Waals surface area contributed by atoms with Gasteiger partial charge in [-0.2, -0.15) is 22.3 Å². The Morgan fingerprint density at radius 1 is 0.725 bits per heavy atom. The maximum absolute atomic E-state index is 14.6. The highest BCUT2D eigenvalue weighted by Crippen LogP contribution is 2.46. The molecule has 40 heavy (non-hydrogen) atoms. The van der Waals surface area contributed by atoms with Crippen molar-refractivity contribution in [3.05, 3.63) is 139 Å². The molecule has 0 fully saturated rings. The van der Waals surface area contributed by atoms with Crippen LogP contribution < -0.4 is 9.13 Å². The van der Waals surface area contributed by atoms with Crippen LogP contribution in [0.5, 0.6) is 0 Å². The molecule has 2 aromatic heterocycles. The maximum Gasteiger partial charge on any atom is 0.417 e. The number of rotatable bonds is 1. The lowest BCUT2D eigenvalue weighted by atomic mass is 9.78. The van der Waals surface area contributed by atoms with Crippen LogP contribution in [-0.4, -0.2) is 0 Å². The molecule has 0 N–H and O–H groups in total. The Labute approximate surface area is 231 Å². The minimum Gasteiger partial charge on any atom is -0.184 e. The molecule has 0 spiro atoms. The molecule has 2 aliphatic heterocycles. The van der Waals surface area contributed by atoms with E-state index in [1.807, 2.05) is 83.6 Å². The van der Waals surface area contributed by atoms with Crippen LogP contribution in [0.15, 0.2) is 122 Å². The van der Waals surface area contributed by atoms with E-state index in [0.717, 1.165) is 28.1 Å². The number of halogens is 3. The van der Waals surface area contributed by atoms with Gasteiger partial charge in [-0.1, -0.05) is 60.7 Å². The Hall–Kier alpha value is -4.51. The van der Waals surface area contributed by atoms with Gasteiger partial charge < -0.3 is 0 Å². The van der Waals surface area contributed by atoms with Crippen molar-refractivity contribution in [1.82, 2.24) is 0 Å². The molecule has 5 aromatic rings. The number of alkyl halides is 3. The van der Waals surface area contributed by atoms with E-state index in [9.17, 15) is 13.2 Å². The van der Waals surface area contributed by atoms with Crippen LogP contribution in [0, 0.1) is 0 Å². The lowest BCUT2D eigenvalue weighted by Gasteiger charge is -2.29. The Morgan fingerprint density at radius 3 is 2.33 bits per heavy atom. The monoisotopic (exact) mass is 532 g/mol. The van der Waals surface area contributed by atoms with Crippen molar-refractivity contribution in [2.75, 3.05) is 0 Å². The smallest absolute Gasteiger partial charge is 0.184 e. The molecule has 0 saturated carbocycles. The zero-order valence-electron chi connectivity index (χ0n) is 21.8. The SMILES string of the molecule is C=C1C2C(CCc3cccc(C(F)(F)F)c3-c3cc(-c4ccccc4)cc[n+]31)c1ccccc1-c1cccc[n+]12. The van der Waals surface area contributed by atoms with E-state index in [-0.39, 0.29) is 17.5 Å². The molecule has 2 nitrogen and oxygen atoms in total. The lowest BCUT2D eigenvalue weighted by Crippen LogP contribution is -2.53. The fourth-order valence-electron chi connectivity index (χ4n) is 6.60. The first-order valence-corrected chi connectivity index (χ1v) is 13.5. The standard InChI is InChI=1S/C35H27F3N2/c1-23-34-29(27-13-5-6-14-28(27)31-16-7-8-20-40(31)34)18-17-25-12-9-15-30(35(36,37)38)33(25)32-22-26(19-21-39(23)32)24-10-3-2-4-11-24/h2-16,19-22,29,34H,1,17-18H2/q+2. The van der Waals surface area contributed by atoms with Crippen molar-refractivity contribution in [2.24, 2.45) is 0 Å². The van der Waals surface area contributed by atoms with Crippen LogP contribution in [-0.2, 0) is 12.6 Å². The first-order valence-electron chi connectivity index (χ1n) is 13.5. The van der Waals surface area contributed by atoms with E-state index in [1.54, 1.807) is 0 Å². The van der Waals surface area contributed by atoms with Gasteiger partial charge in [0.1, 0.15) is 0 Å². The molecule has 4 heterocycles. The first kappa shape index (κ1) is 24.5. The van der Waals surface area contributed by atoms with Gasteiger partial charge in [-0.3, -0.25) is 0 Å². The second-order valence-corrected chi connectivity index (χ2v) is 10.5. The molecule has 0 amide bonds. The highest BCUT2D eigenvalue weighted by atomic mass is 19.4. The van der Waals surface area contributed by atoms with Crippen LogP contribution in [0.3, 0.4) is 0 Å². The molecule has 2 aliphatic rings. The lowest BCUT2D eigenvalue weighted by molar-refractivity contribution is -0.727. The zero-order chi connectivity index (χ0) is 27.4. The van der Waals surface area contributed by atoms with Gasteiger partial charge in [0.15, 0.2) is 12.4 Å². The third-order valence-electron chi connectivity index (χ3n) is 8.36. The summed E-state index contributed by atoms with van der Waals surface area (Å²) in [6, 6.07) is 32.6. The Balaban J connectivity index is 1.53. The molecule has 196 valence electrons. The molecular formula is C35H27F3N2+2. The van der Waals surface area contributed by atoms with Gasteiger partial charge in [0.2, 0.25) is 23.1 Å². The molecule has 0 aliphatic carbocycles. The van der Waals surface area contributed by atoms with Crippen molar-refractivity contribution in [2.45, 2.75) is 31.0 Å². The number of benzene rings is 3.